The summed E-state index contributed by atoms with van der Waals surface area (Å²) < 4.78 is 14.7. The maximum Gasteiger partial charge on any atom is 0.282 e. The highest BCUT2D eigenvalue weighted by Crippen LogP contribution is 2.18. The number of amides is 1. The quantitative estimate of drug-likeness (QED) is 0.380. The van der Waals surface area contributed by atoms with Crippen molar-refractivity contribution in [3.8, 4) is 0 Å². The Morgan fingerprint density at radius 2 is 1.77 bits per heavy atom. The smallest absolute Gasteiger partial charge is 0.282 e. The lowest BCUT2D eigenvalue weighted by Crippen LogP contribution is -2.25. The van der Waals surface area contributed by atoms with Gasteiger partial charge in [0, 0.05) is 18.1 Å². The van der Waals surface area contributed by atoms with E-state index in [4.69, 9.17) is 0 Å². The number of benzene rings is 2. The monoisotopic (exact) mass is 421 g/mol. The lowest BCUT2D eigenvalue weighted by molar-refractivity contribution is -0.113. The predicted octanol–water partition coefficient (Wildman–Crippen LogP) is 3.10. The SMILES string of the molecule is O=C(CSc1nc2nccnc2c(=O)n1Cc1ccc(F)cc1)Nc1ccccc1. The molecule has 4 aromatic rings. The van der Waals surface area contributed by atoms with E-state index >= 15 is 0 Å². The van der Waals surface area contributed by atoms with Crippen LogP contribution in [0.1, 0.15) is 5.56 Å². The molecular formula is C21H16FN5O2S. The van der Waals surface area contributed by atoms with Gasteiger partial charge >= 0.3 is 0 Å². The number of carbonyl (C=O) groups excluding carboxylic acids is 1. The van der Waals surface area contributed by atoms with Gasteiger partial charge in [-0.15, -0.1) is 0 Å². The molecule has 0 saturated carbocycles. The number of hydrogen-bond acceptors (Lipinski definition) is 6. The van der Waals surface area contributed by atoms with Gasteiger partial charge in [-0.2, -0.15) is 0 Å². The fourth-order valence-electron chi connectivity index (χ4n) is 2.80. The van der Waals surface area contributed by atoms with E-state index in [0.29, 0.717) is 10.8 Å². The van der Waals surface area contributed by atoms with E-state index in [1.807, 2.05) is 18.2 Å². The van der Waals surface area contributed by atoms with Gasteiger partial charge in [0.05, 0.1) is 12.3 Å². The fourth-order valence-corrected chi connectivity index (χ4v) is 3.59. The Balaban J connectivity index is 1.62. The van der Waals surface area contributed by atoms with Crippen molar-refractivity contribution < 1.29 is 9.18 Å². The van der Waals surface area contributed by atoms with Gasteiger partial charge < -0.3 is 5.32 Å². The van der Waals surface area contributed by atoms with E-state index in [-0.39, 0.29) is 40.7 Å². The molecule has 0 atom stereocenters. The largest absolute Gasteiger partial charge is 0.325 e. The zero-order valence-corrected chi connectivity index (χ0v) is 16.5. The van der Waals surface area contributed by atoms with E-state index < -0.39 is 0 Å². The van der Waals surface area contributed by atoms with Gasteiger partial charge in [-0.05, 0) is 29.8 Å². The number of nitrogens with one attached hydrogen (secondary N) is 1. The van der Waals surface area contributed by atoms with Gasteiger partial charge in [0.2, 0.25) is 5.91 Å². The van der Waals surface area contributed by atoms with Crippen LogP contribution in [-0.2, 0) is 11.3 Å². The Hall–Kier alpha value is -3.59. The molecule has 0 bridgehead atoms. The molecule has 1 N–H and O–H groups in total. The number of rotatable bonds is 6. The van der Waals surface area contributed by atoms with Crippen LogP contribution in [0.2, 0.25) is 0 Å². The molecule has 0 unspecified atom stereocenters. The topological polar surface area (TPSA) is 89.8 Å². The van der Waals surface area contributed by atoms with Crippen LogP contribution in [-0.4, -0.2) is 31.2 Å². The molecule has 2 aromatic carbocycles. The highest BCUT2D eigenvalue weighted by atomic mass is 32.2. The maximum absolute atomic E-state index is 13.2. The highest BCUT2D eigenvalue weighted by molar-refractivity contribution is 7.99. The van der Waals surface area contributed by atoms with Crippen molar-refractivity contribution in [1.82, 2.24) is 19.5 Å². The average molecular weight is 421 g/mol. The van der Waals surface area contributed by atoms with E-state index in [1.54, 1.807) is 24.3 Å². The Morgan fingerprint density at radius 3 is 2.53 bits per heavy atom. The molecule has 9 heteroatoms. The Morgan fingerprint density at radius 1 is 1.03 bits per heavy atom. The molecule has 0 saturated heterocycles. The van der Waals surface area contributed by atoms with Crippen LogP contribution in [0.15, 0.2) is 76.9 Å². The number of para-hydroxylation sites is 1. The van der Waals surface area contributed by atoms with Gasteiger partial charge in [0.1, 0.15) is 5.82 Å². The second-order valence-corrected chi connectivity index (χ2v) is 7.29. The van der Waals surface area contributed by atoms with E-state index in [9.17, 15) is 14.0 Å². The number of nitrogens with zero attached hydrogens (tertiary/aromatic N) is 4. The van der Waals surface area contributed by atoms with Crippen molar-refractivity contribution in [1.29, 1.82) is 0 Å². The summed E-state index contributed by atoms with van der Waals surface area (Å²) in [5.74, 6) is -0.537. The number of aromatic nitrogens is 4. The highest BCUT2D eigenvalue weighted by Gasteiger charge is 2.15. The van der Waals surface area contributed by atoms with Gasteiger partial charge in [0.15, 0.2) is 16.3 Å². The molecule has 7 nitrogen and oxygen atoms in total. The molecule has 0 aliphatic carbocycles. The summed E-state index contributed by atoms with van der Waals surface area (Å²) in [6.45, 7) is 0.168. The van der Waals surface area contributed by atoms with E-state index in [2.05, 4.69) is 20.3 Å². The fraction of sp³-hybridized carbons (Fsp3) is 0.0952. The number of anilines is 1. The van der Waals surface area contributed by atoms with Crippen LogP contribution in [0.4, 0.5) is 10.1 Å². The van der Waals surface area contributed by atoms with Crippen molar-refractivity contribution in [3.63, 3.8) is 0 Å². The Kier molecular flexibility index (Phi) is 5.80. The molecule has 0 aliphatic rings. The Labute approximate surface area is 175 Å². The minimum atomic E-state index is -0.372. The van der Waals surface area contributed by atoms with Crippen LogP contribution in [0.5, 0.6) is 0 Å². The molecule has 0 spiro atoms. The first kappa shape index (κ1) is 19.7. The lowest BCUT2D eigenvalue weighted by Gasteiger charge is -2.12. The van der Waals surface area contributed by atoms with Crippen LogP contribution in [0, 0.1) is 5.82 Å². The molecule has 0 fully saturated rings. The summed E-state index contributed by atoms with van der Waals surface area (Å²) in [5, 5.41) is 3.13. The standard InChI is InChI=1S/C21H16FN5O2S/c22-15-8-6-14(7-9-15)12-27-20(29)18-19(24-11-10-23-18)26-21(27)30-13-17(28)25-16-4-2-1-3-5-16/h1-11H,12-13H2,(H,25,28). The molecule has 2 aromatic heterocycles. The zero-order chi connectivity index (χ0) is 20.9. The molecule has 0 radical (unpaired) electrons. The number of hydrogen-bond donors (Lipinski definition) is 1. The van der Waals surface area contributed by atoms with Crippen molar-refractivity contribution >= 4 is 34.5 Å². The first-order valence-corrected chi connectivity index (χ1v) is 10.0. The van der Waals surface area contributed by atoms with Crippen LogP contribution in [0.25, 0.3) is 11.2 Å². The number of carbonyl (C=O) groups is 1. The summed E-state index contributed by atoms with van der Waals surface area (Å²) >= 11 is 1.12. The van der Waals surface area contributed by atoms with Crippen molar-refractivity contribution in [2.45, 2.75) is 11.7 Å². The maximum atomic E-state index is 13.2. The number of fused-ring (bicyclic) bond motifs is 1. The normalized spacial score (nSPS) is 10.8. The van der Waals surface area contributed by atoms with Crippen LogP contribution < -0.4 is 10.9 Å². The van der Waals surface area contributed by atoms with E-state index in [1.165, 1.54) is 29.1 Å². The Bertz CT molecular complexity index is 1250. The summed E-state index contributed by atoms with van der Waals surface area (Å²) in [7, 11) is 0. The average Bonchev–Trinajstić information content (AvgIpc) is 2.76. The molecule has 1 amide bonds. The summed E-state index contributed by atoms with van der Waals surface area (Å²) in [6, 6.07) is 14.9. The summed E-state index contributed by atoms with van der Waals surface area (Å²) in [6.07, 6.45) is 2.88. The molecule has 4 rings (SSSR count). The molecule has 0 aliphatic heterocycles. The summed E-state index contributed by atoms with van der Waals surface area (Å²) in [4.78, 5) is 37.9. The third kappa shape index (κ3) is 4.52. The minimum Gasteiger partial charge on any atom is -0.325 e. The third-order valence-corrected chi connectivity index (χ3v) is 5.18. The predicted molar refractivity (Wildman–Crippen MR) is 113 cm³/mol. The molecule has 30 heavy (non-hydrogen) atoms. The van der Waals surface area contributed by atoms with Crippen molar-refractivity contribution in [2.75, 3.05) is 11.1 Å². The van der Waals surface area contributed by atoms with Crippen LogP contribution >= 0.6 is 11.8 Å². The van der Waals surface area contributed by atoms with Gasteiger partial charge in [-0.3, -0.25) is 14.2 Å². The second-order valence-electron chi connectivity index (χ2n) is 6.34. The van der Waals surface area contributed by atoms with E-state index in [0.717, 1.165) is 17.3 Å². The van der Waals surface area contributed by atoms with Gasteiger partial charge in [-0.25, -0.2) is 19.3 Å². The second kappa shape index (κ2) is 8.83. The molecule has 150 valence electrons. The van der Waals surface area contributed by atoms with Gasteiger partial charge in [0.25, 0.3) is 5.56 Å². The van der Waals surface area contributed by atoms with Crippen molar-refractivity contribution in [2.24, 2.45) is 0 Å². The van der Waals surface area contributed by atoms with Crippen LogP contribution in [0.3, 0.4) is 0 Å². The summed E-state index contributed by atoms with van der Waals surface area (Å²) in [5.41, 5.74) is 1.38. The van der Waals surface area contributed by atoms with Crippen molar-refractivity contribution in [3.05, 3.63) is 88.7 Å². The third-order valence-electron chi connectivity index (χ3n) is 4.20. The first-order chi connectivity index (χ1) is 14.6. The van der Waals surface area contributed by atoms with Gasteiger partial charge in [-0.1, -0.05) is 42.1 Å². The molecule has 2 heterocycles. The molecular weight excluding hydrogens is 405 g/mol. The first-order valence-electron chi connectivity index (χ1n) is 9.04. The zero-order valence-electron chi connectivity index (χ0n) is 15.7. The number of thioether (sulfide) groups is 1. The lowest BCUT2D eigenvalue weighted by atomic mass is 10.2. The number of halogens is 1. The minimum absolute atomic E-state index is 0.0521.